The minimum atomic E-state index is 0.466. The molecule has 0 bridgehead atoms. The van der Waals surface area contributed by atoms with Gasteiger partial charge in [-0.2, -0.15) is 0 Å². The first-order valence-electron chi connectivity index (χ1n) is 5.83. The Morgan fingerprint density at radius 3 is 3.00 bits per heavy atom. The van der Waals surface area contributed by atoms with Crippen LogP contribution in [0.15, 0.2) is 16.5 Å². The lowest BCUT2D eigenvalue weighted by Gasteiger charge is -2.35. The van der Waals surface area contributed by atoms with Crippen LogP contribution in [-0.4, -0.2) is 30.6 Å². The Hall–Kier alpha value is -0.510. The molecule has 0 aliphatic carbocycles. The molecule has 2 heterocycles. The van der Waals surface area contributed by atoms with E-state index in [2.05, 4.69) is 24.2 Å². The fourth-order valence-corrected chi connectivity index (χ4v) is 2.33. The summed E-state index contributed by atoms with van der Waals surface area (Å²) in [5.74, 6) is 0.914. The Labute approximate surface area is 102 Å². The molecule has 1 fully saturated rings. The van der Waals surface area contributed by atoms with E-state index in [1.54, 1.807) is 6.07 Å². The lowest BCUT2D eigenvalue weighted by Crippen LogP contribution is -2.45. The predicted molar refractivity (Wildman–Crippen MR) is 65.7 cm³/mol. The van der Waals surface area contributed by atoms with E-state index in [-0.39, 0.29) is 0 Å². The van der Waals surface area contributed by atoms with E-state index in [9.17, 15) is 0 Å². The van der Waals surface area contributed by atoms with Crippen LogP contribution < -0.4 is 5.32 Å². The van der Waals surface area contributed by atoms with Crippen LogP contribution in [0.25, 0.3) is 0 Å². The lowest BCUT2D eigenvalue weighted by molar-refractivity contribution is 0.167. The quantitative estimate of drug-likeness (QED) is 0.883. The van der Waals surface area contributed by atoms with Gasteiger partial charge in [0.1, 0.15) is 5.76 Å². The van der Waals surface area contributed by atoms with Crippen molar-refractivity contribution in [2.24, 2.45) is 0 Å². The van der Waals surface area contributed by atoms with Crippen molar-refractivity contribution in [3.05, 3.63) is 23.1 Å². The normalized spacial score (nSPS) is 27.2. The van der Waals surface area contributed by atoms with Gasteiger partial charge in [0.2, 0.25) is 0 Å². The first kappa shape index (κ1) is 12.0. The number of nitrogens with zero attached hydrogens (tertiary/aromatic N) is 1. The highest BCUT2D eigenvalue weighted by atomic mass is 35.5. The van der Waals surface area contributed by atoms with Crippen molar-refractivity contribution in [2.45, 2.75) is 38.4 Å². The third-order valence-electron chi connectivity index (χ3n) is 3.40. The van der Waals surface area contributed by atoms with Crippen molar-refractivity contribution in [3.8, 4) is 0 Å². The van der Waals surface area contributed by atoms with Crippen LogP contribution in [0.4, 0.5) is 0 Å². The number of likely N-dealkylation sites (tertiary alicyclic amines) is 1. The monoisotopic (exact) mass is 242 g/mol. The van der Waals surface area contributed by atoms with E-state index in [0.717, 1.165) is 18.8 Å². The first-order chi connectivity index (χ1) is 7.65. The Bertz CT molecular complexity index is 340. The molecule has 1 aromatic heterocycles. The molecule has 2 atom stereocenters. The van der Waals surface area contributed by atoms with Gasteiger partial charge < -0.3 is 14.6 Å². The maximum atomic E-state index is 5.72. The molecule has 0 saturated carbocycles. The van der Waals surface area contributed by atoms with Gasteiger partial charge in [-0.05, 0) is 57.1 Å². The van der Waals surface area contributed by atoms with E-state index in [1.165, 1.54) is 12.8 Å². The fraction of sp³-hybridized carbons (Fsp3) is 0.667. The van der Waals surface area contributed by atoms with E-state index in [1.807, 2.05) is 6.07 Å². The molecule has 1 aliphatic heterocycles. The predicted octanol–water partition coefficient (Wildman–Crippen LogP) is 2.51. The van der Waals surface area contributed by atoms with Crippen LogP contribution in [0.1, 0.15) is 25.5 Å². The lowest BCUT2D eigenvalue weighted by atomic mass is 9.99. The molecule has 0 spiro atoms. The second-order valence-electron chi connectivity index (χ2n) is 4.64. The number of halogens is 1. The van der Waals surface area contributed by atoms with Crippen LogP contribution in [0.2, 0.25) is 5.22 Å². The molecule has 0 aromatic carbocycles. The van der Waals surface area contributed by atoms with E-state index in [4.69, 9.17) is 16.0 Å². The zero-order chi connectivity index (χ0) is 11.5. The van der Waals surface area contributed by atoms with Crippen LogP contribution >= 0.6 is 11.6 Å². The molecule has 2 rings (SSSR count). The molecule has 1 aromatic rings. The maximum Gasteiger partial charge on any atom is 0.193 e. The standard InChI is InChI=1S/C12H19ClN2O/c1-9-7-10(5-6-15(9)2)14-8-11-3-4-12(13)16-11/h3-4,9-10,14H,5-8H2,1-2H3. The van der Waals surface area contributed by atoms with Gasteiger partial charge in [-0.15, -0.1) is 0 Å². The highest BCUT2D eigenvalue weighted by molar-refractivity contribution is 6.28. The van der Waals surface area contributed by atoms with Crippen molar-refractivity contribution >= 4 is 11.6 Å². The van der Waals surface area contributed by atoms with Gasteiger partial charge in [0.05, 0.1) is 6.54 Å². The SMILES string of the molecule is CC1CC(NCc2ccc(Cl)o2)CCN1C. The van der Waals surface area contributed by atoms with Crippen molar-refractivity contribution in [3.63, 3.8) is 0 Å². The number of rotatable bonds is 3. The van der Waals surface area contributed by atoms with Gasteiger partial charge >= 0.3 is 0 Å². The summed E-state index contributed by atoms with van der Waals surface area (Å²) in [6, 6.07) is 4.96. The number of furan rings is 1. The summed E-state index contributed by atoms with van der Waals surface area (Å²) in [4.78, 5) is 2.40. The summed E-state index contributed by atoms with van der Waals surface area (Å²) in [7, 11) is 2.19. The molecule has 16 heavy (non-hydrogen) atoms. The Balaban J connectivity index is 1.78. The largest absolute Gasteiger partial charge is 0.448 e. The zero-order valence-electron chi connectivity index (χ0n) is 9.87. The summed E-state index contributed by atoms with van der Waals surface area (Å²) >= 11 is 5.72. The van der Waals surface area contributed by atoms with Gasteiger partial charge in [0.25, 0.3) is 0 Å². The molecule has 3 nitrogen and oxygen atoms in total. The molecule has 2 unspecified atom stereocenters. The second kappa shape index (κ2) is 5.21. The van der Waals surface area contributed by atoms with E-state index < -0.39 is 0 Å². The molecule has 4 heteroatoms. The van der Waals surface area contributed by atoms with Gasteiger partial charge in [-0.25, -0.2) is 0 Å². The van der Waals surface area contributed by atoms with Crippen LogP contribution in [0, 0.1) is 0 Å². The van der Waals surface area contributed by atoms with Crippen LogP contribution in [-0.2, 0) is 6.54 Å². The topological polar surface area (TPSA) is 28.4 Å². The first-order valence-corrected chi connectivity index (χ1v) is 6.21. The Morgan fingerprint density at radius 2 is 2.38 bits per heavy atom. The average Bonchev–Trinajstić information content (AvgIpc) is 2.66. The molecular weight excluding hydrogens is 224 g/mol. The van der Waals surface area contributed by atoms with E-state index in [0.29, 0.717) is 17.3 Å². The summed E-state index contributed by atoms with van der Waals surface area (Å²) < 4.78 is 5.32. The molecule has 1 N–H and O–H groups in total. The molecular formula is C12H19ClN2O. The minimum absolute atomic E-state index is 0.466. The number of hydrogen-bond donors (Lipinski definition) is 1. The highest BCUT2D eigenvalue weighted by Gasteiger charge is 2.22. The summed E-state index contributed by atoms with van der Waals surface area (Å²) in [6.07, 6.45) is 2.40. The van der Waals surface area contributed by atoms with Crippen molar-refractivity contribution in [2.75, 3.05) is 13.6 Å². The van der Waals surface area contributed by atoms with Crippen LogP contribution in [0.3, 0.4) is 0 Å². The Kier molecular flexibility index (Phi) is 3.90. The van der Waals surface area contributed by atoms with Crippen LogP contribution in [0.5, 0.6) is 0 Å². The fourth-order valence-electron chi connectivity index (χ4n) is 2.17. The second-order valence-corrected chi connectivity index (χ2v) is 5.01. The highest BCUT2D eigenvalue weighted by Crippen LogP contribution is 2.17. The number of piperidine rings is 1. The zero-order valence-corrected chi connectivity index (χ0v) is 10.6. The van der Waals surface area contributed by atoms with E-state index >= 15 is 0 Å². The molecule has 1 aliphatic rings. The average molecular weight is 243 g/mol. The number of hydrogen-bond acceptors (Lipinski definition) is 3. The van der Waals surface area contributed by atoms with Crippen molar-refractivity contribution < 1.29 is 4.42 Å². The minimum Gasteiger partial charge on any atom is -0.448 e. The van der Waals surface area contributed by atoms with Gasteiger partial charge in [0.15, 0.2) is 5.22 Å². The third-order valence-corrected chi connectivity index (χ3v) is 3.61. The third kappa shape index (κ3) is 3.00. The van der Waals surface area contributed by atoms with Gasteiger partial charge in [0, 0.05) is 12.1 Å². The summed E-state index contributed by atoms with van der Waals surface area (Å²) in [5.41, 5.74) is 0. The molecule has 1 saturated heterocycles. The summed E-state index contributed by atoms with van der Waals surface area (Å²) in [6.45, 7) is 4.21. The number of nitrogens with one attached hydrogen (secondary N) is 1. The van der Waals surface area contributed by atoms with Gasteiger partial charge in [-0.1, -0.05) is 0 Å². The molecule has 0 amide bonds. The van der Waals surface area contributed by atoms with Crippen molar-refractivity contribution in [1.82, 2.24) is 10.2 Å². The van der Waals surface area contributed by atoms with Crippen molar-refractivity contribution in [1.29, 1.82) is 0 Å². The smallest absolute Gasteiger partial charge is 0.193 e. The molecule has 90 valence electrons. The summed E-state index contributed by atoms with van der Waals surface area (Å²) in [5, 5.41) is 3.99. The maximum absolute atomic E-state index is 5.72. The van der Waals surface area contributed by atoms with Gasteiger partial charge in [-0.3, -0.25) is 0 Å². The molecule has 0 radical (unpaired) electrons. The Morgan fingerprint density at radius 1 is 1.56 bits per heavy atom.